The fourth-order valence-corrected chi connectivity index (χ4v) is 1.03. The van der Waals surface area contributed by atoms with E-state index < -0.39 is 10.1 Å². The zero-order valence-corrected chi connectivity index (χ0v) is 10.2. The summed E-state index contributed by atoms with van der Waals surface area (Å²) in [6.07, 6.45) is 2.98. The van der Waals surface area contributed by atoms with Crippen LogP contribution in [0.3, 0.4) is 0 Å². The highest BCUT2D eigenvalue weighted by atomic mass is 32.2. The van der Waals surface area contributed by atoms with Gasteiger partial charge in [0.1, 0.15) is 0 Å². The maximum absolute atomic E-state index is 9.19. The van der Waals surface area contributed by atoms with Crippen LogP contribution in [0.4, 0.5) is 0 Å². The first kappa shape index (κ1) is 14.6. The first-order valence-corrected chi connectivity index (χ1v) is 6.63. The van der Waals surface area contributed by atoms with E-state index in [0.717, 1.165) is 18.4 Å². The van der Waals surface area contributed by atoms with Crippen LogP contribution in [-0.2, 0) is 16.5 Å². The summed E-state index contributed by atoms with van der Waals surface area (Å²) in [5.41, 5.74) is 2.05. The molecule has 0 fully saturated rings. The fourth-order valence-electron chi connectivity index (χ4n) is 1.03. The SMILES string of the molecule is CCCc1ccc(C#N)cc1.CS(=O)(=O)O. The van der Waals surface area contributed by atoms with Crippen LogP contribution in [0.5, 0.6) is 0 Å². The Morgan fingerprint density at radius 3 is 2.06 bits per heavy atom. The standard InChI is InChI=1S/C10H11N.CH4O3S/c1-2-3-9-4-6-10(8-11)7-5-9;1-5(2,3)4/h4-7H,2-3H2,1H3;1H3,(H,2,3,4). The summed E-state index contributed by atoms with van der Waals surface area (Å²) in [6.45, 7) is 2.15. The zero-order chi connectivity index (χ0) is 12.6. The van der Waals surface area contributed by atoms with Crippen molar-refractivity contribution in [1.82, 2.24) is 0 Å². The van der Waals surface area contributed by atoms with E-state index in [0.29, 0.717) is 6.26 Å². The van der Waals surface area contributed by atoms with Gasteiger partial charge < -0.3 is 0 Å². The second-order valence-corrected chi connectivity index (χ2v) is 4.76. The summed E-state index contributed by atoms with van der Waals surface area (Å²) in [7, 11) is -3.67. The Balaban J connectivity index is 0.000000385. The van der Waals surface area contributed by atoms with Crippen LogP contribution >= 0.6 is 0 Å². The summed E-state index contributed by atoms with van der Waals surface area (Å²) in [4.78, 5) is 0. The summed E-state index contributed by atoms with van der Waals surface area (Å²) in [5, 5.41) is 8.51. The highest BCUT2D eigenvalue weighted by molar-refractivity contribution is 7.85. The molecule has 1 rings (SSSR count). The summed E-state index contributed by atoms with van der Waals surface area (Å²) < 4.78 is 25.9. The molecule has 1 aromatic carbocycles. The molecule has 0 atom stereocenters. The topological polar surface area (TPSA) is 78.2 Å². The third-order valence-corrected chi connectivity index (χ3v) is 1.62. The molecule has 0 saturated carbocycles. The van der Waals surface area contributed by atoms with E-state index in [1.54, 1.807) is 0 Å². The molecule has 0 spiro atoms. The van der Waals surface area contributed by atoms with E-state index in [1.165, 1.54) is 5.56 Å². The normalized spacial score (nSPS) is 9.88. The van der Waals surface area contributed by atoms with Crippen LogP contribution in [0.2, 0.25) is 0 Å². The third-order valence-electron chi connectivity index (χ3n) is 1.62. The Kier molecular flexibility index (Phi) is 6.38. The lowest BCUT2D eigenvalue weighted by Crippen LogP contribution is -1.88. The Morgan fingerprint density at radius 1 is 1.31 bits per heavy atom. The van der Waals surface area contributed by atoms with E-state index in [9.17, 15) is 8.42 Å². The van der Waals surface area contributed by atoms with Crippen LogP contribution < -0.4 is 0 Å². The smallest absolute Gasteiger partial charge is 0.261 e. The molecule has 0 aliphatic heterocycles. The lowest BCUT2D eigenvalue weighted by Gasteiger charge is -1.96. The summed E-state index contributed by atoms with van der Waals surface area (Å²) in [5.74, 6) is 0. The van der Waals surface area contributed by atoms with Gasteiger partial charge in [-0.1, -0.05) is 25.5 Å². The number of hydrogen-bond acceptors (Lipinski definition) is 3. The molecule has 0 aliphatic rings. The fraction of sp³-hybridized carbons (Fsp3) is 0.364. The lowest BCUT2D eigenvalue weighted by molar-refractivity contribution is 0.490. The van der Waals surface area contributed by atoms with Crippen LogP contribution in [0.15, 0.2) is 24.3 Å². The number of nitrogens with zero attached hydrogens (tertiary/aromatic N) is 1. The molecule has 0 bridgehead atoms. The molecule has 5 heteroatoms. The van der Waals surface area contributed by atoms with E-state index in [2.05, 4.69) is 13.0 Å². The minimum atomic E-state index is -3.67. The summed E-state index contributed by atoms with van der Waals surface area (Å²) >= 11 is 0. The van der Waals surface area contributed by atoms with Crippen LogP contribution in [0.1, 0.15) is 24.5 Å². The van der Waals surface area contributed by atoms with Gasteiger partial charge in [-0.25, -0.2) is 0 Å². The van der Waals surface area contributed by atoms with Gasteiger partial charge in [0.2, 0.25) is 0 Å². The molecular weight excluding hydrogens is 226 g/mol. The monoisotopic (exact) mass is 241 g/mol. The van der Waals surface area contributed by atoms with Crippen molar-refractivity contribution in [2.75, 3.05) is 6.26 Å². The van der Waals surface area contributed by atoms with Crippen molar-refractivity contribution in [1.29, 1.82) is 5.26 Å². The predicted octanol–water partition coefficient (Wildman–Crippen LogP) is 2.01. The number of rotatable bonds is 2. The number of hydrogen-bond donors (Lipinski definition) is 1. The lowest BCUT2D eigenvalue weighted by atomic mass is 10.1. The van der Waals surface area contributed by atoms with Gasteiger partial charge >= 0.3 is 0 Å². The van der Waals surface area contributed by atoms with Crippen molar-refractivity contribution < 1.29 is 13.0 Å². The Bertz CT molecular complexity index is 435. The predicted molar refractivity (Wildman–Crippen MR) is 62.6 cm³/mol. The van der Waals surface area contributed by atoms with E-state index >= 15 is 0 Å². The molecule has 1 N–H and O–H groups in total. The average molecular weight is 241 g/mol. The van der Waals surface area contributed by atoms with Crippen molar-refractivity contribution in [3.63, 3.8) is 0 Å². The van der Waals surface area contributed by atoms with E-state index in [-0.39, 0.29) is 0 Å². The molecule has 0 aliphatic carbocycles. The summed E-state index contributed by atoms with van der Waals surface area (Å²) in [6, 6.07) is 9.86. The van der Waals surface area contributed by atoms with Crippen molar-refractivity contribution in [3.05, 3.63) is 35.4 Å². The van der Waals surface area contributed by atoms with Gasteiger partial charge in [-0.05, 0) is 24.1 Å². The third kappa shape index (κ3) is 9.19. The molecule has 0 heterocycles. The first-order chi connectivity index (χ1) is 7.36. The molecule has 88 valence electrons. The van der Waals surface area contributed by atoms with Crippen molar-refractivity contribution in [3.8, 4) is 6.07 Å². The molecule has 16 heavy (non-hydrogen) atoms. The quantitative estimate of drug-likeness (QED) is 0.803. The Morgan fingerprint density at radius 2 is 1.75 bits per heavy atom. The molecular formula is C11H15NO3S. The van der Waals surface area contributed by atoms with Crippen molar-refractivity contribution >= 4 is 10.1 Å². The van der Waals surface area contributed by atoms with E-state index in [4.69, 9.17) is 9.81 Å². The van der Waals surface area contributed by atoms with Gasteiger partial charge in [0.15, 0.2) is 0 Å². The van der Waals surface area contributed by atoms with Crippen LogP contribution in [0, 0.1) is 11.3 Å². The van der Waals surface area contributed by atoms with Crippen LogP contribution in [0.25, 0.3) is 0 Å². The maximum Gasteiger partial charge on any atom is 0.261 e. The van der Waals surface area contributed by atoms with Crippen molar-refractivity contribution in [2.45, 2.75) is 19.8 Å². The van der Waals surface area contributed by atoms with Gasteiger partial charge in [-0.3, -0.25) is 4.55 Å². The van der Waals surface area contributed by atoms with Gasteiger partial charge in [0.25, 0.3) is 10.1 Å². The zero-order valence-electron chi connectivity index (χ0n) is 9.34. The van der Waals surface area contributed by atoms with Gasteiger partial charge in [-0.15, -0.1) is 0 Å². The molecule has 4 nitrogen and oxygen atoms in total. The Labute approximate surface area is 96.3 Å². The second-order valence-electron chi connectivity index (χ2n) is 3.29. The maximum atomic E-state index is 9.19. The number of aryl methyl sites for hydroxylation is 1. The first-order valence-electron chi connectivity index (χ1n) is 4.78. The van der Waals surface area contributed by atoms with E-state index in [1.807, 2.05) is 24.3 Å². The molecule has 0 saturated heterocycles. The molecule has 0 unspecified atom stereocenters. The second kappa shape index (κ2) is 6.99. The highest BCUT2D eigenvalue weighted by Crippen LogP contribution is 2.04. The molecule has 1 aromatic rings. The highest BCUT2D eigenvalue weighted by Gasteiger charge is 1.90. The van der Waals surface area contributed by atoms with Crippen molar-refractivity contribution in [2.24, 2.45) is 0 Å². The molecule has 0 amide bonds. The molecule has 0 aromatic heterocycles. The largest absolute Gasteiger partial charge is 0.286 e. The minimum Gasteiger partial charge on any atom is -0.286 e. The van der Waals surface area contributed by atoms with Gasteiger partial charge in [-0.2, -0.15) is 13.7 Å². The van der Waals surface area contributed by atoms with Gasteiger partial charge in [0, 0.05) is 0 Å². The molecule has 0 radical (unpaired) electrons. The van der Waals surface area contributed by atoms with Gasteiger partial charge in [0.05, 0.1) is 17.9 Å². The minimum absolute atomic E-state index is 0.715. The number of benzene rings is 1. The Hall–Kier alpha value is -1.38. The number of nitriles is 1. The average Bonchev–Trinajstić information content (AvgIpc) is 2.17. The van der Waals surface area contributed by atoms with Crippen LogP contribution in [-0.4, -0.2) is 19.2 Å².